The Balaban J connectivity index is 2.50. The van der Waals surface area contributed by atoms with Crippen molar-refractivity contribution < 1.29 is 14.3 Å². The molecule has 1 aliphatic heterocycles. The Kier molecular flexibility index (Phi) is 2.91. The number of hydrogen-bond acceptors (Lipinski definition) is 3. The van der Waals surface area contributed by atoms with Crippen molar-refractivity contribution in [2.45, 2.75) is 6.42 Å². The van der Waals surface area contributed by atoms with Gasteiger partial charge in [0.25, 0.3) is 0 Å². The lowest BCUT2D eigenvalue weighted by Crippen LogP contribution is -1.96. The molecule has 0 bridgehead atoms. The van der Waals surface area contributed by atoms with Crippen molar-refractivity contribution in [1.29, 1.82) is 0 Å². The van der Waals surface area contributed by atoms with Gasteiger partial charge in [-0.15, -0.1) is 6.58 Å². The summed E-state index contributed by atoms with van der Waals surface area (Å²) in [5.41, 5.74) is 0. The summed E-state index contributed by atoms with van der Waals surface area (Å²) < 4.78 is 9.68. The van der Waals surface area contributed by atoms with E-state index < -0.39 is 0 Å². The van der Waals surface area contributed by atoms with Crippen LogP contribution in [-0.4, -0.2) is 19.7 Å². The first kappa shape index (κ1) is 8.84. The normalized spacial score (nSPS) is 25.1. The minimum Gasteiger partial charge on any atom is -0.497 e. The Morgan fingerprint density at radius 1 is 1.83 bits per heavy atom. The third-order valence-corrected chi connectivity index (χ3v) is 1.76. The molecule has 0 aliphatic carbocycles. The average Bonchev–Trinajstić information content (AvgIpc) is 2.52. The summed E-state index contributed by atoms with van der Waals surface area (Å²) >= 11 is 0. The Bertz CT molecular complexity index is 218. The zero-order chi connectivity index (χ0) is 8.97. The monoisotopic (exact) mass is 168 g/mol. The van der Waals surface area contributed by atoms with E-state index in [2.05, 4.69) is 11.3 Å². The maximum Gasteiger partial charge on any atom is 0.333 e. The highest BCUT2D eigenvalue weighted by atomic mass is 16.5. The molecule has 0 amide bonds. The zero-order valence-electron chi connectivity index (χ0n) is 7.08. The predicted octanol–water partition coefficient (Wildman–Crippen LogP) is 1.27. The van der Waals surface area contributed by atoms with Crippen LogP contribution in [0.5, 0.6) is 0 Å². The largest absolute Gasteiger partial charge is 0.497 e. The Hall–Kier alpha value is -1.25. The minimum atomic E-state index is -0.366. The topological polar surface area (TPSA) is 35.5 Å². The summed E-state index contributed by atoms with van der Waals surface area (Å²) in [5.74, 6) is 0.655. The van der Waals surface area contributed by atoms with E-state index in [4.69, 9.17) is 4.74 Å². The van der Waals surface area contributed by atoms with E-state index in [1.165, 1.54) is 13.2 Å². The molecule has 1 rings (SSSR count). The molecule has 1 aliphatic rings. The molecule has 3 nitrogen and oxygen atoms in total. The van der Waals surface area contributed by atoms with E-state index in [9.17, 15) is 4.79 Å². The molecule has 1 heterocycles. The van der Waals surface area contributed by atoms with E-state index >= 15 is 0 Å². The van der Waals surface area contributed by atoms with Crippen molar-refractivity contribution in [1.82, 2.24) is 0 Å². The van der Waals surface area contributed by atoms with Crippen LogP contribution in [0.3, 0.4) is 0 Å². The summed E-state index contributed by atoms with van der Waals surface area (Å²) in [4.78, 5) is 10.8. The molecule has 0 aromatic carbocycles. The van der Waals surface area contributed by atoms with Gasteiger partial charge >= 0.3 is 5.97 Å². The molecule has 0 aromatic heterocycles. The number of allylic oxidation sites excluding steroid dienone is 1. The maximum absolute atomic E-state index is 10.8. The first-order valence-electron chi connectivity index (χ1n) is 3.80. The lowest BCUT2D eigenvalue weighted by molar-refractivity contribution is -0.135. The van der Waals surface area contributed by atoms with Crippen molar-refractivity contribution in [2.75, 3.05) is 13.7 Å². The first-order chi connectivity index (χ1) is 5.76. The second-order valence-electron chi connectivity index (χ2n) is 2.64. The van der Waals surface area contributed by atoms with Gasteiger partial charge in [-0.25, -0.2) is 4.79 Å². The lowest BCUT2D eigenvalue weighted by atomic mass is 10.1. The summed E-state index contributed by atoms with van der Waals surface area (Å²) in [6.45, 7) is 4.27. The van der Waals surface area contributed by atoms with Crippen molar-refractivity contribution in [3.8, 4) is 0 Å². The van der Waals surface area contributed by atoms with Crippen LogP contribution in [0.25, 0.3) is 0 Å². The van der Waals surface area contributed by atoms with E-state index in [0.717, 1.165) is 6.42 Å². The molecule has 66 valence electrons. The van der Waals surface area contributed by atoms with Crippen molar-refractivity contribution in [2.24, 2.45) is 5.92 Å². The van der Waals surface area contributed by atoms with Gasteiger partial charge in [0.15, 0.2) is 0 Å². The molecule has 12 heavy (non-hydrogen) atoms. The first-order valence-corrected chi connectivity index (χ1v) is 3.80. The van der Waals surface area contributed by atoms with Gasteiger partial charge in [-0.3, -0.25) is 0 Å². The smallest absolute Gasteiger partial charge is 0.333 e. The van der Waals surface area contributed by atoms with E-state index in [0.29, 0.717) is 18.3 Å². The molecule has 0 N–H and O–H groups in total. The molecule has 0 aromatic rings. The van der Waals surface area contributed by atoms with E-state index in [-0.39, 0.29) is 5.97 Å². The van der Waals surface area contributed by atoms with Gasteiger partial charge in [-0.05, 0) is 0 Å². The van der Waals surface area contributed by atoms with Crippen LogP contribution in [0.15, 0.2) is 24.5 Å². The number of esters is 1. The van der Waals surface area contributed by atoms with Gasteiger partial charge in [0, 0.05) is 12.3 Å². The molecule has 0 radical (unpaired) electrons. The molecule has 1 atom stereocenters. The van der Waals surface area contributed by atoms with E-state index in [1.807, 2.05) is 6.08 Å². The number of methoxy groups -OCH3 is 1. The zero-order valence-corrected chi connectivity index (χ0v) is 7.08. The lowest BCUT2D eigenvalue weighted by Gasteiger charge is -1.95. The standard InChI is InChI=1S/C9H12O3/c1-3-7-4-8(12-6-7)5-9(10)11-2/h3,5,7H,1,4,6H2,2H3/b8-5+. The summed E-state index contributed by atoms with van der Waals surface area (Å²) in [6, 6.07) is 0. The number of carbonyl (C=O) groups is 1. The van der Waals surface area contributed by atoms with Crippen LogP contribution in [0.2, 0.25) is 0 Å². The number of hydrogen-bond donors (Lipinski definition) is 0. The second kappa shape index (κ2) is 3.95. The fraction of sp³-hybridized carbons (Fsp3) is 0.444. The van der Waals surface area contributed by atoms with Crippen LogP contribution in [-0.2, 0) is 14.3 Å². The van der Waals surface area contributed by atoms with Gasteiger partial charge in [0.2, 0.25) is 0 Å². The molecule has 1 saturated heterocycles. The molecule has 1 unspecified atom stereocenters. The van der Waals surface area contributed by atoms with Crippen LogP contribution >= 0.6 is 0 Å². The highest BCUT2D eigenvalue weighted by Crippen LogP contribution is 2.23. The van der Waals surface area contributed by atoms with Gasteiger partial charge in [0.05, 0.1) is 19.8 Å². The molecule has 0 spiro atoms. The third-order valence-electron chi connectivity index (χ3n) is 1.76. The molecular weight excluding hydrogens is 156 g/mol. The summed E-state index contributed by atoms with van der Waals surface area (Å²) in [5, 5.41) is 0. The van der Waals surface area contributed by atoms with Crippen molar-refractivity contribution >= 4 is 5.97 Å². The van der Waals surface area contributed by atoms with Gasteiger partial charge in [-0.2, -0.15) is 0 Å². The predicted molar refractivity (Wildman–Crippen MR) is 44.4 cm³/mol. The average molecular weight is 168 g/mol. The van der Waals surface area contributed by atoms with Gasteiger partial charge < -0.3 is 9.47 Å². The quantitative estimate of drug-likeness (QED) is 0.354. The minimum absolute atomic E-state index is 0.334. The fourth-order valence-corrected chi connectivity index (χ4v) is 1.03. The summed E-state index contributed by atoms with van der Waals surface area (Å²) in [6.07, 6.45) is 3.96. The van der Waals surface area contributed by atoms with Gasteiger partial charge in [0.1, 0.15) is 5.76 Å². The molecule has 1 fully saturated rings. The number of ether oxygens (including phenoxy) is 2. The SMILES string of the molecule is C=CC1CO/C(=C/C(=O)OC)C1. The second-order valence-corrected chi connectivity index (χ2v) is 2.64. The Labute approximate surface area is 71.7 Å². The highest BCUT2D eigenvalue weighted by Gasteiger charge is 2.18. The van der Waals surface area contributed by atoms with Crippen LogP contribution in [0, 0.1) is 5.92 Å². The van der Waals surface area contributed by atoms with Crippen molar-refractivity contribution in [3.63, 3.8) is 0 Å². The van der Waals surface area contributed by atoms with Crippen LogP contribution in [0.1, 0.15) is 6.42 Å². The van der Waals surface area contributed by atoms with Gasteiger partial charge in [-0.1, -0.05) is 6.08 Å². The van der Waals surface area contributed by atoms with E-state index in [1.54, 1.807) is 0 Å². The highest BCUT2D eigenvalue weighted by molar-refractivity contribution is 5.82. The van der Waals surface area contributed by atoms with Crippen LogP contribution < -0.4 is 0 Å². The third kappa shape index (κ3) is 2.12. The fourth-order valence-electron chi connectivity index (χ4n) is 1.03. The number of carbonyl (C=O) groups excluding carboxylic acids is 1. The number of rotatable bonds is 2. The summed E-state index contributed by atoms with van der Waals surface area (Å²) in [7, 11) is 1.35. The molecular formula is C9H12O3. The Morgan fingerprint density at radius 3 is 3.08 bits per heavy atom. The Morgan fingerprint density at radius 2 is 2.58 bits per heavy atom. The maximum atomic E-state index is 10.8. The van der Waals surface area contributed by atoms with Crippen LogP contribution in [0.4, 0.5) is 0 Å². The molecule has 3 heteroatoms. The molecule has 0 saturated carbocycles. The van der Waals surface area contributed by atoms with Crippen molar-refractivity contribution in [3.05, 3.63) is 24.5 Å².